The van der Waals surface area contributed by atoms with Crippen molar-refractivity contribution in [1.29, 1.82) is 0 Å². The Bertz CT molecular complexity index is 500. The second kappa shape index (κ2) is 6.53. The summed E-state index contributed by atoms with van der Waals surface area (Å²) < 4.78 is 4.97. The number of nitrogens with zero attached hydrogens (tertiary/aromatic N) is 3. The van der Waals surface area contributed by atoms with Crippen LogP contribution in [-0.4, -0.2) is 35.4 Å². The smallest absolute Gasteiger partial charge is 0.149 e. The molecule has 0 saturated carbocycles. The maximum atomic E-state index is 4.97. The van der Waals surface area contributed by atoms with E-state index in [1.54, 1.807) is 24.6 Å². The van der Waals surface area contributed by atoms with Crippen LogP contribution in [0, 0.1) is 6.92 Å². The summed E-state index contributed by atoms with van der Waals surface area (Å²) in [6.45, 7) is 4.22. The highest BCUT2D eigenvalue weighted by molar-refractivity contribution is 7.14. The summed E-state index contributed by atoms with van der Waals surface area (Å²) in [7, 11) is 1.69. The molecule has 0 aromatic carbocycles. The van der Waals surface area contributed by atoms with Crippen LogP contribution in [0.5, 0.6) is 0 Å². The minimum absolute atomic E-state index is 0.702. The summed E-state index contributed by atoms with van der Waals surface area (Å²) in [5.41, 5.74) is 2.03. The monoisotopic (exact) mass is 264 g/mol. The van der Waals surface area contributed by atoms with Crippen LogP contribution in [0.15, 0.2) is 18.3 Å². The average Bonchev–Trinajstić information content (AvgIpc) is 2.84. The number of aryl methyl sites for hydroxylation is 1. The van der Waals surface area contributed by atoms with Gasteiger partial charge in [0.05, 0.1) is 6.61 Å². The lowest BCUT2D eigenvalue weighted by Gasteiger charge is -2.00. The zero-order valence-corrected chi connectivity index (χ0v) is 11.3. The molecule has 0 unspecified atom stereocenters. The van der Waals surface area contributed by atoms with E-state index >= 15 is 0 Å². The molecule has 0 aliphatic rings. The summed E-state index contributed by atoms with van der Waals surface area (Å²) in [6.07, 6.45) is 1.78. The van der Waals surface area contributed by atoms with E-state index in [-0.39, 0.29) is 0 Å². The molecule has 0 aliphatic heterocycles. The molecule has 2 aromatic heterocycles. The number of pyridine rings is 1. The highest BCUT2D eigenvalue weighted by Gasteiger charge is 2.08. The topological polar surface area (TPSA) is 59.9 Å². The summed E-state index contributed by atoms with van der Waals surface area (Å²) in [5.74, 6) is 0. The van der Waals surface area contributed by atoms with Crippen molar-refractivity contribution in [2.75, 3.05) is 20.3 Å². The summed E-state index contributed by atoms with van der Waals surface area (Å²) in [6, 6.07) is 3.94. The van der Waals surface area contributed by atoms with Crippen LogP contribution in [0.1, 0.15) is 10.7 Å². The predicted molar refractivity (Wildman–Crippen MR) is 71.5 cm³/mol. The fraction of sp³-hybridized carbons (Fsp3) is 0.417. The van der Waals surface area contributed by atoms with Gasteiger partial charge in [0.15, 0.2) is 0 Å². The molecule has 0 atom stereocenters. The van der Waals surface area contributed by atoms with Crippen LogP contribution >= 0.6 is 11.3 Å². The molecule has 6 heteroatoms. The molecule has 0 amide bonds. The molecule has 0 radical (unpaired) electrons. The van der Waals surface area contributed by atoms with Crippen molar-refractivity contribution in [1.82, 2.24) is 20.5 Å². The Hall–Kier alpha value is -1.37. The van der Waals surface area contributed by atoms with Crippen LogP contribution < -0.4 is 5.32 Å². The number of rotatable bonds is 6. The van der Waals surface area contributed by atoms with Crippen LogP contribution in [0.4, 0.5) is 0 Å². The number of hydrogen-bond acceptors (Lipinski definition) is 6. The molecule has 1 N–H and O–H groups in total. The molecule has 2 aromatic rings. The second-order valence-electron chi connectivity index (χ2n) is 3.81. The normalized spacial score (nSPS) is 10.8. The van der Waals surface area contributed by atoms with Crippen molar-refractivity contribution in [3.8, 4) is 10.6 Å². The van der Waals surface area contributed by atoms with Crippen molar-refractivity contribution in [3.05, 3.63) is 29.0 Å². The molecule has 5 nitrogen and oxygen atoms in total. The Kier molecular flexibility index (Phi) is 4.74. The molecule has 2 heterocycles. The van der Waals surface area contributed by atoms with Gasteiger partial charge in [-0.3, -0.25) is 4.98 Å². The number of hydrogen-bond donors (Lipinski definition) is 1. The van der Waals surface area contributed by atoms with E-state index in [1.807, 2.05) is 19.1 Å². The van der Waals surface area contributed by atoms with Crippen molar-refractivity contribution < 1.29 is 4.74 Å². The molecule has 0 saturated heterocycles. The first-order valence-corrected chi connectivity index (χ1v) is 6.57. The molecule has 2 rings (SSSR count). The Labute approximate surface area is 110 Å². The van der Waals surface area contributed by atoms with Crippen LogP contribution in [0.25, 0.3) is 10.6 Å². The minimum Gasteiger partial charge on any atom is -0.383 e. The SMILES string of the molecule is COCCNCc1nnc(-c2cccnc2C)s1. The van der Waals surface area contributed by atoms with E-state index in [1.165, 1.54) is 0 Å². The van der Waals surface area contributed by atoms with Crippen molar-refractivity contribution in [3.63, 3.8) is 0 Å². The van der Waals surface area contributed by atoms with Gasteiger partial charge in [-0.1, -0.05) is 11.3 Å². The summed E-state index contributed by atoms with van der Waals surface area (Å²) in [5, 5.41) is 13.5. The van der Waals surface area contributed by atoms with E-state index < -0.39 is 0 Å². The maximum absolute atomic E-state index is 4.97. The van der Waals surface area contributed by atoms with Crippen LogP contribution in [-0.2, 0) is 11.3 Å². The number of methoxy groups -OCH3 is 1. The van der Waals surface area contributed by atoms with Gasteiger partial charge < -0.3 is 10.1 Å². The highest BCUT2D eigenvalue weighted by atomic mass is 32.1. The van der Waals surface area contributed by atoms with E-state index in [9.17, 15) is 0 Å². The van der Waals surface area contributed by atoms with Gasteiger partial charge in [-0.2, -0.15) is 0 Å². The second-order valence-corrected chi connectivity index (χ2v) is 4.87. The van der Waals surface area contributed by atoms with E-state index in [0.717, 1.165) is 34.4 Å². The summed E-state index contributed by atoms with van der Waals surface area (Å²) >= 11 is 1.59. The molecule has 18 heavy (non-hydrogen) atoms. The first kappa shape index (κ1) is 13.1. The third-order valence-electron chi connectivity index (χ3n) is 2.46. The van der Waals surface area contributed by atoms with E-state index in [2.05, 4.69) is 20.5 Å². The van der Waals surface area contributed by atoms with Gasteiger partial charge in [0, 0.05) is 37.7 Å². The average molecular weight is 264 g/mol. The standard InChI is InChI=1S/C12H16N4OS/c1-9-10(4-3-5-14-9)12-16-15-11(18-12)8-13-6-7-17-2/h3-5,13H,6-8H2,1-2H3. The van der Waals surface area contributed by atoms with Crippen molar-refractivity contribution in [2.24, 2.45) is 0 Å². The molecular weight excluding hydrogens is 248 g/mol. The van der Waals surface area contributed by atoms with Gasteiger partial charge in [0.25, 0.3) is 0 Å². The molecular formula is C12H16N4OS. The largest absolute Gasteiger partial charge is 0.383 e. The van der Waals surface area contributed by atoms with E-state index in [4.69, 9.17) is 4.74 Å². The Morgan fingerprint density at radius 3 is 3.06 bits per heavy atom. The summed E-state index contributed by atoms with van der Waals surface area (Å²) in [4.78, 5) is 4.26. The van der Waals surface area contributed by atoms with Gasteiger partial charge in [0.1, 0.15) is 10.0 Å². The van der Waals surface area contributed by atoms with Crippen LogP contribution in [0.2, 0.25) is 0 Å². The number of nitrogens with one attached hydrogen (secondary N) is 1. The fourth-order valence-electron chi connectivity index (χ4n) is 1.51. The third-order valence-corrected chi connectivity index (χ3v) is 3.42. The lowest BCUT2D eigenvalue weighted by Crippen LogP contribution is -2.18. The zero-order chi connectivity index (χ0) is 12.8. The van der Waals surface area contributed by atoms with Gasteiger partial charge in [-0.15, -0.1) is 10.2 Å². The van der Waals surface area contributed by atoms with Gasteiger partial charge in [0.2, 0.25) is 0 Å². The third kappa shape index (κ3) is 3.32. The molecule has 0 aliphatic carbocycles. The predicted octanol–water partition coefficient (Wildman–Crippen LogP) is 1.64. The van der Waals surface area contributed by atoms with E-state index in [0.29, 0.717) is 6.61 Å². The first-order valence-electron chi connectivity index (χ1n) is 5.75. The zero-order valence-electron chi connectivity index (χ0n) is 10.5. The van der Waals surface area contributed by atoms with Gasteiger partial charge >= 0.3 is 0 Å². The van der Waals surface area contributed by atoms with Gasteiger partial charge in [-0.25, -0.2) is 0 Å². The Balaban J connectivity index is 2.00. The van der Waals surface area contributed by atoms with Crippen molar-refractivity contribution >= 4 is 11.3 Å². The molecule has 0 fully saturated rings. The van der Waals surface area contributed by atoms with Crippen LogP contribution in [0.3, 0.4) is 0 Å². The van der Waals surface area contributed by atoms with Crippen molar-refractivity contribution in [2.45, 2.75) is 13.5 Å². The fourth-order valence-corrected chi connectivity index (χ4v) is 2.40. The highest BCUT2D eigenvalue weighted by Crippen LogP contribution is 2.24. The Morgan fingerprint density at radius 1 is 1.39 bits per heavy atom. The Morgan fingerprint density at radius 2 is 2.28 bits per heavy atom. The van der Waals surface area contributed by atoms with Gasteiger partial charge in [-0.05, 0) is 19.1 Å². The maximum Gasteiger partial charge on any atom is 0.149 e. The lowest BCUT2D eigenvalue weighted by molar-refractivity contribution is 0.199. The number of ether oxygens (including phenoxy) is 1. The first-order chi connectivity index (χ1) is 8.81. The number of aromatic nitrogens is 3. The lowest BCUT2D eigenvalue weighted by atomic mass is 10.2. The molecule has 0 bridgehead atoms. The quantitative estimate of drug-likeness (QED) is 0.804. The minimum atomic E-state index is 0.702. The molecule has 0 spiro atoms. The molecule has 96 valence electrons.